The van der Waals surface area contributed by atoms with Gasteiger partial charge in [-0.2, -0.15) is 0 Å². The molecule has 2 heterocycles. The van der Waals surface area contributed by atoms with Crippen molar-refractivity contribution in [1.29, 1.82) is 0 Å². The molecular weight excluding hydrogens is 455 g/mol. The van der Waals surface area contributed by atoms with Crippen LogP contribution in [-0.4, -0.2) is 37.7 Å². The van der Waals surface area contributed by atoms with Gasteiger partial charge in [-0.25, -0.2) is 4.79 Å². The first kappa shape index (κ1) is 27.4. The third-order valence-electron chi connectivity index (χ3n) is 6.87. The lowest BCUT2D eigenvalue weighted by atomic mass is 9.99. The molecule has 2 aliphatic heterocycles. The number of piperidine rings is 1. The molecule has 2 fully saturated rings. The number of hydrogen-bond donors (Lipinski definition) is 2. The number of esters is 1. The lowest BCUT2D eigenvalue weighted by molar-refractivity contribution is -0.923. The number of hydrogen-bond acceptors (Lipinski definition) is 2. The molecule has 2 atom stereocenters. The number of rotatable bonds is 7. The number of carbonyl (C=O) groups is 1. The molecule has 2 aromatic carbocycles. The average molecular weight is 492 g/mol. The van der Waals surface area contributed by atoms with Crippen LogP contribution in [0, 0.1) is 5.92 Å². The van der Waals surface area contributed by atoms with Gasteiger partial charge in [0.05, 0.1) is 31.2 Å². The van der Waals surface area contributed by atoms with Crippen molar-refractivity contribution < 1.29 is 44.6 Å². The van der Waals surface area contributed by atoms with E-state index in [9.17, 15) is 4.79 Å². The first-order chi connectivity index (χ1) is 15.0. The molecule has 6 heteroatoms. The van der Waals surface area contributed by atoms with Crippen LogP contribution in [0.15, 0.2) is 54.6 Å². The van der Waals surface area contributed by atoms with Gasteiger partial charge in [-0.05, 0) is 23.3 Å². The van der Waals surface area contributed by atoms with E-state index in [4.69, 9.17) is 4.74 Å². The van der Waals surface area contributed by atoms with Gasteiger partial charge in [0, 0.05) is 37.7 Å². The van der Waals surface area contributed by atoms with Crippen LogP contribution >= 0.6 is 0 Å². The van der Waals surface area contributed by atoms with Crippen molar-refractivity contribution in [3.8, 4) is 0 Å². The molecule has 2 saturated heterocycles. The molecule has 2 unspecified atom stereocenters. The molecular formula is C27H36Cl2N2O2. The molecule has 2 bridgehead atoms. The Kier molecular flexibility index (Phi) is 10.4. The highest BCUT2D eigenvalue weighted by Crippen LogP contribution is 2.28. The molecule has 0 amide bonds. The Labute approximate surface area is 210 Å². The molecule has 33 heavy (non-hydrogen) atoms. The molecule has 0 spiro atoms. The lowest BCUT2D eigenvalue weighted by Gasteiger charge is -2.33. The maximum atomic E-state index is 13.4. The first-order valence-corrected chi connectivity index (χ1v) is 11.7. The van der Waals surface area contributed by atoms with Gasteiger partial charge in [-0.1, -0.05) is 56.3 Å². The Morgan fingerprint density at radius 1 is 1.06 bits per heavy atom. The summed E-state index contributed by atoms with van der Waals surface area (Å²) in [4.78, 5) is 15.0. The fraction of sp³-hybridized carbons (Fsp3) is 0.444. The summed E-state index contributed by atoms with van der Waals surface area (Å²) in [6.07, 6.45) is 6.47. The second kappa shape index (κ2) is 12.6. The quantitative estimate of drug-likeness (QED) is 0.186. The molecule has 0 radical (unpaired) electrons. The summed E-state index contributed by atoms with van der Waals surface area (Å²) in [7, 11) is 2.29. The number of ether oxygens (including phenoxy) is 1. The smallest absolute Gasteiger partial charge is 0.339 e. The van der Waals surface area contributed by atoms with Crippen LogP contribution in [0.25, 0.3) is 11.6 Å². The van der Waals surface area contributed by atoms with Crippen molar-refractivity contribution in [2.45, 2.75) is 57.7 Å². The third-order valence-corrected chi connectivity index (χ3v) is 6.87. The number of benzene rings is 2. The Hall–Kier alpha value is -1.85. The molecule has 0 saturated carbocycles. The van der Waals surface area contributed by atoms with Crippen LogP contribution in [0.1, 0.15) is 50.7 Å². The van der Waals surface area contributed by atoms with Crippen molar-refractivity contribution in [2.24, 2.45) is 5.92 Å². The first-order valence-electron chi connectivity index (χ1n) is 11.7. The normalized spacial score (nSPS) is 24.1. The minimum Gasteiger partial charge on any atom is -1.00 e. The molecule has 4 rings (SSSR count). The second-order valence-corrected chi connectivity index (χ2v) is 9.64. The third kappa shape index (κ3) is 7.07. The molecule has 2 aliphatic rings. The zero-order valence-corrected chi connectivity index (χ0v) is 21.3. The average Bonchev–Trinajstić information content (AvgIpc) is 2.97. The van der Waals surface area contributed by atoms with Crippen LogP contribution in [0.5, 0.6) is 0 Å². The van der Waals surface area contributed by atoms with E-state index in [1.165, 1.54) is 12.8 Å². The van der Waals surface area contributed by atoms with Crippen LogP contribution < -0.4 is 35.0 Å². The monoisotopic (exact) mass is 490 g/mol. The van der Waals surface area contributed by atoms with E-state index in [1.54, 1.807) is 4.90 Å². The maximum Gasteiger partial charge on any atom is 0.339 e. The van der Waals surface area contributed by atoms with Crippen LogP contribution in [0.3, 0.4) is 0 Å². The van der Waals surface area contributed by atoms with E-state index >= 15 is 0 Å². The molecule has 3 N–H and O–H groups in total. The number of carbonyl (C=O) groups excluding carboxylic acids is 1. The van der Waals surface area contributed by atoms with Gasteiger partial charge in [0.25, 0.3) is 0 Å². The largest absolute Gasteiger partial charge is 1.00 e. The van der Waals surface area contributed by atoms with Gasteiger partial charge in [-0.15, -0.1) is 0 Å². The van der Waals surface area contributed by atoms with Crippen LogP contribution in [0.4, 0.5) is 5.69 Å². The topological polar surface area (TPSA) is 47.3 Å². The summed E-state index contributed by atoms with van der Waals surface area (Å²) < 4.78 is 6.12. The zero-order valence-electron chi connectivity index (χ0n) is 19.8. The highest BCUT2D eigenvalue weighted by atomic mass is 35.5. The van der Waals surface area contributed by atoms with Crippen molar-refractivity contribution in [3.05, 3.63) is 65.7 Å². The Morgan fingerprint density at radius 2 is 1.73 bits per heavy atom. The van der Waals surface area contributed by atoms with Gasteiger partial charge >= 0.3 is 5.97 Å². The molecule has 2 aromatic rings. The van der Waals surface area contributed by atoms with Gasteiger partial charge in [0.15, 0.2) is 0 Å². The SMILES string of the molecule is CC(C)C[NH2+]c1cccc(/C(=C\c2ccccc2)C(=O)OC2CC3CCC(C2)[NH+]3C)c1.[Cl-].[Cl-]. The predicted molar refractivity (Wildman–Crippen MR) is 125 cm³/mol. The number of nitrogens with one attached hydrogen (secondary N) is 1. The van der Waals surface area contributed by atoms with E-state index in [1.807, 2.05) is 48.5 Å². The Morgan fingerprint density at radius 3 is 2.36 bits per heavy atom. The summed E-state index contributed by atoms with van der Waals surface area (Å²) in [6.45, 7) is 5.45. The lowest BCUT2D eigenvalue weighted by Crippen LogP contribution is -3.15. The van der Waals surface area contributed by atoms with Gasteiger partial charge in [-0.3, -0.25) is 0 Å². The Balaban J connectivity index is 0.00000193. The van der Waals surface area contributed by atoms with E-state index in [0.29, 0.717) is 23.6 Å². The molecule has 0 aliphatic carbocycles. The van der Waals surface area contributed by atoms with Crippen molar-refractivity contribution in [3.63, 3.8) is 0 Å². The number of quaternary nitrogens is 2. The van der Waals surface area contributed by atoms with Crippen molar-refractivity contribution in [2.75, 3.05) is 13.6 Å². The minimum absolute atomic E-state index is 0. The Bertz CT molecular complexity index is 919. The predicted octanol–water partition coefficient (Wildman–Crippen LogP) is -3.16. The molecule has 180 valence electrons. The van der Waals surface area contributed by atoms with E-state index in [0.717, 1.165) is 36.2 Å². The van der Waals surface area contributed by atoms with E-state index < -0.39 is 0 Å². The summed E-state index contributed by atoms with van der Waals surface area (Å²) in [5, 5.41) is 2.25. The summed E-state index contributed by atoms with van der Waals surface area (Å²) in [5.41, 5.74) is 3.73. The summed E-state index contributed by atoms with van der Waals surface area (Å²) >= 11 is 0. The van der Waals surface area contributed by atoms with Crippen molar-refractivity contribution in [1.82, 2.24) is 0 Å². The number of fused-ring (bicyclic) bond motifs is 2. The second-order valence-electron chi connectivity index (χ2n) is 9.64. The fourth-order valence-electron chi connectivity index (χ4n) is 5.02. The fourth-order valence-corrected chi connectivity index (χ4v) is 5.02. The van der Waals surface area contributed by atoms with Crippen LogP contribution in [0.2, 0.25) is 0 Å². The highest BCUT2D eigenvalue weighted by molar-refractivity contribution is 6.21. The maximum absolute atomic E-state index is 13.4. The number of halogens is 2. The standard InChI is InChI=1S/C27H34N2O2.2ClH/c1-19(2)18-28-22-11-7-10-21(15-22)26(14-20-8-5-4-6-9-20)27(30)31-25-16-23-12-13-24(17-25)29(23)3;;/h4-11,14-15,19,23-25,28H,12-13,16-18H2,1-3H3;2*1H/b26-14+;;. The molecule has 0 aromatic heterocycles. The van der Waals surface area contributed by atoms with Gasteiger partial charge in [0.1, 0.15) is 11.8 Å². The van der Waals surface area contributed by atoms with E-state index in [2.05, 4.69) is 38.3 Å². The van der Waals surface area contributed by atoms with Crippen molar-refractivity contribution >= 4 is 23.3 Å². The zero-order chi connectivity index (χ0) is 21.8. The van der Waals surface area contributed by atoms with Gasteiger partial charge in [0.2, 0.25) is 0 Å². The van der Waals surface area contributed by atoms with Gasteiger partial charge < -0.3 is 39.8 Å². The number of nitrogens with two attached hydrogens (primary N) is 1. The minimum atomic E-state index is -0.200. The van der Waals surface area contributed by atoms with Crippen LogP contribution in [-0.2, 0) is 9.53 Å². The highest BCUT2D eigenvalue weighted by Gasteiger charge is 2.43. The summed E-state index contributed by atoms with van der Waals surface area (Å²) in [6, 6.07) is 19.6. The van der Waals surface area contributed by atoms with E-state index in [-0.39, 0.29) is 36.9 Å². The molecule has 4 nitrogen and oxygen atoms in total. The summed E-state index contributed by atoms with van der Waals surface area (Å²) in [5.74, 6) is 0.406.